The summed E-state index contributed by atoms with van der Waals surface area (Å²) < 4.78 is 56.1. The second-order valence-electron chi connectivity index (χ2n) is 4.58. The van der Waals surface area contributed by atoms with Crippen LogP contribution in [0.4, 0.5) is 23.4 Å². The first-order chi connectivity index (χ1) is 10.8. The highest BCUT2D eigenvalue weighted by atomic mass is 19.4. The molecule has 1 heterocycles. The number of ether oxygens (including phenoxy) is 1. The maximum absolute atomic E-state index is 13.7. The van der Waals surface area contributed by atoms with Crippen LogP contribution in [0.5, 0.6) is 0 Å². The Balaban J connectivity index is 2.16. The van der Waals surface area contributed by atoms with Crippen molar-refractivity contribution in [1.29, 1.82) is 0 Å². The van der Waals surface area contributed by atoms with Gasteiger partial charge in [-0.1, -0.05) is 0 Å². The standard InChI is InChI=1S/C15H12F4N2O2/c1-23-14(22)9-2-3-12(16)10(6-9)8-21-13-7-11(4-5-20-13)15(17,18)19/h2-7H,8H2,1H3,(H,20,21). The summed E-state index contributed by atoms with van der Waals surface area (Å²) in [6.45, 7) is -0.134. The number of hydrogen-bond acceptors (Lipinski definition) is 4. The minimum atomic E-state index is -4.49. The van der Waals surface area contributed by atoms with Gasteiger partial charge in [0.05, 0.1) is 18.2 Å². The summed E-state index contributed by atoms with van der Waals surface area (Å²) in [6.07, 6.45) is -3.48. The Morgan fingerprint density at radius 2 is 2.00 bits per heavy atom. The monoisotopic (exact) mass is 328 g/mol. The van der Waals surface area contributed by atoms with Crippen molar-refractivity contribution in [3.63, 3.8) is 0 Å². The van der Waals surface area contributed by atoms with Crippen LogP contribution in [0, 0.1) is 5.82 Å². The summed E-state index contributed by atoms with van der Waals surface area (Å²) >= 11 is 0. The van der Waals surface area contributed by atoms with Crippen molar-refractivity contribution in [1.82, 2.24) is 4.98 Å². The van der Waals surface area contributed by atoms with E-state index >= 15 is 0 Å². The number of pyridine rings is 1. The van der Waals surface area contributed by atoms with Gasteiger partial charge in [-0.25, -0.2) is 14.2 Å². The van der Waals surface area contributed by atoms with Crippen molar-refractivity contribution in [3.05, 3.63) is 59.0 Å². The molecule has 0 unspecified atom stereocenters. The lowest BCUT2D eigenvalue weighted by molar-refractivity contribution is -0.137. The SMILES string of the molecule is COC(=O)c1ccc(F)c(CNc2cc(C(F)(F)F)ccn2)c1. The zero-order valence-electron chi connectivity index (χ0n) is 11.9. The van der Waals surface area contributed by atoms with Gasteiger partial charge in [0.15, 0.2) is 0 Å². The predicted octanol–water partition coefficient (Wildman–Crippen LogP) is 3.64. The number of aromatic nitrogens is 1. The molecule has 0 saturated heterocycles. The Kier molecular flexibility index (Phi) is 4.83. The Morgan fingerprint density at radius 1 is 1.26 bits per heavy atom. The molecule has 2 aromatic rings. The molecule has 0 atom stereocenters. The molecule has 1 N–H and O–H groups in total. The minimum absolute atomic E-state index is 0.0531. The van der Waals surface area contributed by atoms with Crippen molar-refractivity contribution in [3.8, 4) is 0 Å². The van der Waals surface area contributed by atoms with Gasteiger partial charge in [-0.05, 0) is 30.3 Å². The lowest BCUT2D eigenvalue weighted by atomic mass is 10.1. The normalized spacial score (nSPS) is 11.2. The molecule has 0 aliphatic heterocycles. The van der Waals surface area contributed by atoms with Gasteiger partial charge in [-0.3, -0.25) is 0 Å². The largest absolute Gasteiger partial charge is 0.465 e. The second-order valence-corrected chi connectivity index (χ2v) is 4.58. The molecule has 0 radical (unpaired) electrons. The number of benzene rings is 1. The Bertz CT molecular complexity index is 717. The number of alkyl halides is 3. The fourth-order valence-electron chi connectivity index (χ4n) is 1.84. The number of carbonyl (C=O) groups is 1. The molecule has 122 valence electrons. The number of carbonyl (C=O) groups excluding carboxylic acids is 1. The van der Waals surface area contributed by atoms with Gasteiger partial charge in [0.2, 0.25) is 0 Å². The average molecular weight is 328 g/mol. The topological polar surface area (TPSA) is 51.2 Å². The van der Waals surface area contributed by atoms with Crippen LogP contribution in [-0.2, 0) is 17.5 Å². The van der Waals surface area contributed by atoms with Crippen molar-refractivity contribution >= 4 is 11.8 Å². The summed E-state index contributed by atoms with van der Waals surface area (Å²) in [5.41, 5.74) is -0.617. The highest BCUT2D eigenvalue weighted by Crippen LogP contribution is 2.30. The summed E-state index contributed by atoms with van der Waals surface area (Å²) in [5, 5.41) is 2.60. The molecule has 0 aliphatic carbocycles. The molecular weight excluding hydrogens is 316 g/mol. The number of esters is 1. The van der Waals surface area contributed by atoms with E-state index in [2.05, 4.69) is 15.0 Å². The fraction of sp³-hybridized carbons (Fsp3) is 0.200. The van der Waals surface area contributed by atoms with Gasteiger partial charge in [-0.15, -0.1) is 0 Å². The van der Waals surface area contributed by atoms with E-state index < -0.39 is 23.5 Å². The molecule has 0 aliphatic rings. The molecule has 0 saturated carbocycles. The molecule has 0 bridgehead atoms. The van der Waals surface area contributed by atoms with Gasteiger partial charge in [-0.2, -0.15) is 13.2 Å². The molecule has 0 fully saturated rings. The molecular formula is C15H12F4N2O2. The first-order valence-electron chi connectivity index (χ1n) is 6.45. The van der Waals surface area contributed by atoms with E-state index in [0.29, 0.717) is 0 Å². The van der Waals surface area contributed by atoms with Gasteiger partial charge in [0.25, 0.3) is 0 Å². The quantitative estimate of drug-likeness (QED) is 0.688. The Labute approximate surface area is 129 Å². The van der Waals surface area contributed by atoms with Crippen LogP contribution in [0.2, 0.25) is 0 Å². The summed E-state index contributed by atoms with van der Waals surface area (Å²) in [7, 11) is 1.19. The van der Waals surface area contributed by atoms with E-state index in [4.69, 9.17) is 0 Å². The summed E-state index contributed by atoms with van der Waals surface area (Å²) in [5.74, 6) is -1.29. The van der Waals surface area contributed by atoms with Gasteiger partial charge < -0.3 is 10.1 Å². The zero-order chi connectivity index (χ0) is 17.0. The van der Waals surface area contributed by atoms with Crippen LogP contribution >= 0.6 is 0 Å². The Morgan fingerprint density at radius 3 is 2.65 bits per heavy atom. The van der Waals surface area contributed by atoms with Crippen LogP contribution < -0.4 is 5.32 Å². The number of nitrogens with one attached hydrogen (secondary N) is 1. The first-order valence-corrected chi connectivity index (χ1v) is 6.45. The molecule has 0 spiro atoms. The second kappa shape index (κ2) is 6.64. The molecule has 4 nitrogen and oxygen atoms in total. The molecule has 1 aromatic carbocycles. The maximum atomic E-state index is 13.7. The minimum Gasteiger partial charge on any atom is -0.465 e. The third kappa shape index (κ3) is 4.18. The van der Waals surface area contributed by atoms with Gasteiger partial charge >= 0.3 is 12.1 Å². The lowest BCUT2D eigenvalue weighted by Gasteiger charge is -2.11. The van der Waals surface area contributed by atoms with Gasteiger partial charge in [0.1, 0.15) is 11.6 Å². The fourth-order valence-corrected chi connectivity index (χ4v) is 1.84. The third-order valence-corrected chi connectivity index (χ3v) is 3.01. The van der Waals surface area contributed by atoms with Gasteiger partial charge in [0, 0.05) is 18.3 Å². The van der Waals surface area contributed by atoms with E-state index in [1.807, 2.05) is 0 Å². The summed E-state index contributed by atoms with van der Waals surface area (Å²) in [6, 6.07) is 5.27. The average Bonchev–Trinajstić information content (AvgIpc) is 2.53. The van der Waals surface area contributed by atoms with Crippen molar-refractivity contribution in [2.45, 2.75) is 12.7 Å². The summed E-state index contributed by atoms with van der Waals surface area (Å²) in [4.78, 5) is 15.1. The van der Waals surface area contributed by atoms with Crippen LogP contribution in [0.25, 0.3) is 0 Å². The highest BCUT2D eigenvalue weighted by molar-refractivity contribution is 5.89. The first kappa shape index (κ1) is 16.7. The predicted molar refractivity (Wildman–Crippen MR) is 74.3 cm³/mol. The third-order valence-electron chi connectivity index (χ3n) is 3.01. The number of rotatable bonds is 4. The van der Waals surface area contributed by atoms with E-state index in [-0.39, 0.29) is 23.5 Å². The van der Waals surface area contributed by atoms with Crippen LogP contribution in [-0.4, -0.2) is 18.1 Å². The zero-order valence-corrected chi connectivity index (χ0v) is 11.9. The lowest BCUT2D eigenvalue weighted by Crippen LogP contribution is -2.09. The van der Waals surface area contributed by atoms with E-state index in [9.17, 15) is 22.4 Å². The maximum Gasteiger partial charge on any atom is 0.416 e. The van der Waals surface area contributed by atoms with Crippen LogP contribution in [0.15, 0.2) is 36.5 Å². The smallest absolute Gasteiger partial charge is 0.416 e. The molecule has 0 amide bonds. The van der Waals surface area contributed by atoms with Crippen LogP contribution in [0.1, 0.15) is 21.5 Å². The van der Waals surface area contributed by atoms with Crippen molar-refractivity contribution in [2.24, 2.45) is 0 Å². The molecule has 23 heavy (non-hydrogen) atoms. The number of nitrogens with zero attached hydrogens (tertiary/aromatic N) is 1. The van der Waals surface area contributed by atoms with Crippen molar-refractivity contribution < 1.29 is 27.1 Å². The highest BCUT2D eigenvalue weighted by Gasteiger charge is 2.30. The van der Waals surface area contributed by atoms with Crippen molar-refractivity contribution in [2.75, 3.05) is 12.4 Å². The van der Waals surface area contributed by atoms with E-state index in [1.165, 1.54) is 19.2 Å². The number of halogens is 4. The van der Waals surface area contributed by atoms with E-state index in [0.717, 1.165) is 24.4 Å². The number of methoxy groups -OCH3 is 1. The molecule has 1 aromatic heterocycles. The number of hydrogen-bond donors (Lipinski definition) is 1. The van der Waals surface area contributed by atoms with E-state index in [1.54, 1.807) is 0 Å². The Hall–Kier alpha value is -2.64. The molecule has 2 rings (SSSR count). The molecule has 8 heteroatoms. The number of anilines is 1. The van der Waals surface area contributed by atoms with Crippen LogP contribution in [0.3, 0.4) is 0 Å².